The highest BCUT2D eigenvalue weighted by atomic mass is 16.5. The van der Waals surface area contributed by atoms with Gasteiger partial charge in [-0.25, -0.2) is 0 Å². The molecule has 0 radical (unpaired) electrons. The van der Waals surface area contributed by atoms with E-state index in [-0.39, 0.29) is 11.8 Å². The maximum Gasteiger partial charge on any atom is 0.123 e. The van der Waals surface area contributed by atoms with Crippen LogP contribution in [0.3, 0.4) is 0 Å². The first-order valence-electron chi connectivity index (χ1n) is 13.9. The van der Waals surface area contributed by atoms with Crippen LogP contribution >= 0.6 is 0 Å². The van der Waals surface area contributed by atoms with E-state index in [0.29, 0.717) is 0 Å². The van der Waals surface area contributed by atoms with Crippen molar-refractivity contribution >= 4 is 0 Å². The van der Waals surface area contributed by atoms with Gasteiger partial charge in [0.2, 0.25) is 0 Å². The SMILES string of the molecule is CCCCCCCCCCCCOc1cccc2c1C1c3ccccc3C2c2c(OC)cccc21. The minimum absolute atomic E-state index is 0.207. The van der Waals surface area contributed by atoms with Crippen molar-refractivity contribution in [3.63, 3.8) is 0 Å². The van der Waals surface area contributed by atoms with Gasteiger partial charge in [0.1, 0.15) is 11.5 Å². The highest BCUT2D eigenvalue weighted by molar-refractivity contribution is 5.72. The molecule has 0 N–H and O–H groups in total. The summed E-state index contributed by atoms with van der Waals surface area (Å²) in [5, 5.41) is 0. The number of rotatable bonds is 13. The molecule has 0 aromatic heterocycles. The molecule has 0 aliphatic heterocycles. The number of hydrogen-bond donors (Lipinski definition) is 0. The molecule has 2 nitrogen and oxygen atoms in total. The second-order valence-electron chi connectivity index (χ2n) is 10.2. The van der Waals surface area contributed by atoms with E-state index in [0.717, 1.165) is 24.5 Å². The molecule has 0 amide bonds. The topological polar surface area (TPSA) is 18.5 Å². The Balaban J connectivity index is 1.26. The van der Waals surface area contributed by atoms with Crippen LogP contribution < -0.4 is 9.47 Å². The molecule has 0 heterocycles. The largest absolute Gasteiger partial charge is 0.496 e. The van der Waals surface area contributed by atoms with E-state index in [2.05, 4.69) is 67.6 Å². The molecule has 2 bridgehead atoms. The number of unbranched alkanes of at least 4 members (excludes halogenated alkanes) is 9. The van der Waals surface area contributed by atoms with Crippen molar-refractivity contribution in [1.29, 1.82) is 0 Å². The zero-order chi connectivity index (χ0) is 24.0. The molecule has 0 fully saturated rings. The Morgan fingerprint density at radius 2 is 1.03 bits per heavy atom. The first-order chi connectivity index (χ1) is 17.3. The number of benzene rings is 3. The van der Waals surface area contributed by atoms with E-state index in [9.17, 15) is 0 Å². The number of hydrogen-bond acceptors (Lipinski definition) is 2. The Bertz CT molecular complexity index is 1130. The fraction of sp³-hybridized carbons (Fsp3) is 0.455. The molecule has 0 spiro atoms. The molecule has 35 heavy (non-hydrogen) atoms. The van der Waals surface area contributed by atoms with Crippen molar-refractivity contribution in [1.82, 2.24) is 0 Å². The van der Waals surface area contributed by atoms with Gasteiger partial charge in [0.15, 0.2) is 0 Å². The van der Waals surface area contributed by atoms with Crippen LogP contribution in [-0.4, -0.2) is 13.7 Å². The average molecular weight is 469 g/mol. The van der Waals surface area contributed by atoms with Crippen LogP contribution in [0.1, 0.15) is 116 Å². The van der Waals surface area contributed by atoms with Gasteiger partial charge < -0.3 is 9.47 Å². The third-order valence-electron chi connectivity index (χ3n) is 7.99. The lowest BCUT2D eigenvalue weighted by molar-refractivity contribution is 0.299. The fourth-order valence-corrected chi connectivity index (χ4v) is 6.31. The Morgan fingerprint density at radius 3 is 1.60 bits per heavy atom. The number of methoxy groups -OCH3 is 1. The van der Waals surface area contributed by atoms with E-state index in [4.69, 9.17) is 9.47 Å². The standard InChI is InChI=1S/C33H40O2/c1-3-4-5-6-7-8-9-10-11-14-23-35-29-22-16-20-27-30-24-17-12-13-18-25(24)31(33(27)29)26-19-15-21-28(34-2)32(26)30/h12-13,15-22,30-31H,3-11,14,23H2,1-2H3. The monoisotopic (exact) mass is 468 g/mol. The Hall–Kier alpha value is -2.74. The Kier molecular flexibility index (Phi) is 7.76. The van der Waals surface area contributed by atoms with Crippen molar-refractivity contribution in [2.24, 2.45) is 0 Å². The van der Waals surface area contributed by atoms with E-state index in [1.54, 1.807) is 7.11 Å². The number of ether oxygens (including phenoxy) is 2. The lowest BCUT2D eigenvalue weighted by Crippen LogP contribution is -2.28. The summed E-state index contributed by atoms with van der Waals surface area (Å²) in [6.45, 7) is 3.09. The summed E-state index contributed by atoms with van der Waals surface area (Å²) < 4.78 is 12.3. The molecule has 3 aromatic rings. The van der Waals surface area contributed by atoms with Gasteiger partial charge in [-0.2, -0.15) is 0 Å². The Morgan fingerprint density at radius 1 is 0.543 bits per heavy atom. The summed E-state index contributed by atoms with van der Waals surface area (Å²) in [7, 11) is 1.79. The zero-order valence-corrected chi connectivity index (χ0v) is 21.5. The molecule has 3 aromatic carbocycles. The molecular formula is C33H40O2. The van der Waals surface area contributed by atoms with Crippen LogP contribution in [0.25, 0.3) is 0 Å². The van der Waals surface area contributed by atoms with Crippen LogP contribution in [0.15, 0.2) is 60.7 Å². The van der Waals surface area contributed by atoms with Crippen LogP contribution in [0.2, 0.25) is 0 Å². The molecule has 6 rings (SSSR count). The summed E-state index contributed by atoms with van der Waals surface area (Å²) >= 11 is 0. The smallest absolute Gasteiger partial charge is 0.123 e. The maximum atomic E-state index is 6.48. The van der Waals surface area contributed by atoms with Crippen molar-refractivity contribution in [2.45, 2.75) is 83.0 Å². The lowest BCUT2D eigenvalue weighted by Gasteiger charge is -2.43. The molecule has 2 unspecified atom stereocenters. The molecule has 2 atom stereocenters. The van der Waals surface area contributed by atoms with Crippen LogP contribution in [0.5, 0.6) is 11.5 Å². The van der Waals surface area contributed by atoms with Crippen molar-refractivity contribution in [3.8, 4) is 11.5 Å². The summed E-state index contributed by atoms with van der Waals surface area (Å²) in [4.78, 5) is 0. The van der Waals surface area contributed by atoms with Gasteiger partial charge in [-0.05, 0) is 40.8 Å². The van der Waals surface area contributed by atoms with Crippen LogP contribution in [-0.2, 0) is 0 Å². The molecule has 3 aliphatic rings. The molecular weight excluding hydrogens is 428 g/mol. The summed E-state index contributed by atoms with van der Waals surface area (Å²) in [6, 6.07) is 22.1. The van der Waals surface area contributed by atoms with E-state index < -0.39 is 0 Å². The second kappa shape index (κ2) is 11.3. The maximum absolute atomic E-state index is 6.48. The average Bonchev–Trinajstić information content (AvgIpc) is 2.91. The molecule has 2 heteroatoms. The van der Waals surface area contributed by atoms with Crippen molar-refractivity contribution in [3.05, 3.63) is 94.0 Å². The first kappa shape index (κ1) is 24.0. The minimum atomic E-state index is 0.207. The third-order valence-corrected chi connectivity index (χ3v) is 7.99. The van der Waals surface area contributed by atoms with Crippen LogP contribution in [0.4, 0.5) is 0 Å². The van der Waals surface area contributed by atoms with Crippen molar-refractivity contribution in [2.75, 3.05) is 13.7 Å². The Labute approximate surface area is 211 Å². The van der Waals surface area contributed by atoms with Gasteiger partial charge in [-0.3, -0.25) is 0 Å². The molecule has 0 saturated heterocycles. The third kappa shape index (κ3) is 4.73. The first-order valence-corrected chi connectivity index (χ1v) is 13.9. The lowest BCUT2D eigenvalue weighted by atomic mass is 9.60. The van der Waals surface area contributed by atoms with Gasteiger partial charge in [0.05, 0.1) is 13.7 Å². The molecule has 0 saturated carbocycles. The summed E-state index contributed by atoms with van der Waals surface area (Å²) in [6.07, 6.45) is 13.4. The highest BCUT2D eigenvalue weighted by Crippen LogP contribution is 2.59. The van der Waals surface area contributed by atoms with Gasteiger partial charge in [0.25, 0.3) is 0 Å². The van der Waals surface area contributed by atoms with Crippen LogP contribution in [0, 0.1) is 0 Å². The predicted octanol–water partition coefficient (Wildman–Crippen LogP) is 8.98. The zero-order valence-electron chi connectivity index (χ0n) is 21.5. The molecule has 3 aliphatic carbocycles. The predicted molar refractivity (Wildman–Crippen MR) is 145 cm³/mol. The second-order valence-corrected chi connectivity index (χ2v) is 10.2. The van der Waals surface area contributed by atoms with Gasteiger partial charge in [-0.15, -0.1) is 0 Å². The van der Waals surface area contributed by atoms with E-state index in [1.165, 1.54) is 91.2 Å². The van der Waals surface area contributed by atoms with Crippen molar-refractivity contribution < 1.29 is 9.47 Å². The normalized spacial score (nSPS) is 17.0. The van der Waals surface area contributed by atoms with E-state index in [1.807, 2.05) is 0 Å². The highest BCUT2D eigenvalue weighted by Gasteiger charge is 2.44. The van der Waals surface area contributed by atoms with E-state index >= 15 is 0 Å². The van der Waals surface area contributed by atoms with Gasteiger partial charge in [-0.1, -0.05) is 113 Å². The quantitative estimate of drug-likeness (QED) is 0.161. The molecule has 184 valence electrons. The van der Waals surface area contributed by atoms with Gasteiger partial charge in [0, 0.05) is 23.0 Å². The van der Waals surface area contributed by atoms with Gasteiger partial charge >= 0.3 is 0 Å². The summed E-state index contributed by atoms with van der Waals surface area (Å²) in [5.41, 5.74) is 8.28. The minimum Gasteiger partial charge on any atom is -0.496 e. The summed E-state index contributed by atoms with van der Waals surface area (Å²) in [5.74, 6) is 2.48. The fourth-order valence-electron chi connectivity index (χ4n) is 6.31.